The molecule has 9 heteroatoms. The molecule has 1 aromatic heterocycles. The topological polar surface area (TPSA) is 81.0 Å². The molecule has 3 aromatic carbocycles. The highest BCUT2D eigenvalue weighted by Gasteiger charge is 2.27. The molecule has 1 aliphatic carbocycles. The molecule has 1 saturated heterocycles. The lowest BCUT2D eigenvalue weighted by Gasteiger charge is -2.33. The molecule has 1 aliphatic heterocycles. The van der Waals surface area contributed by atoms with Gasteiger partial charge in [-0.25, -0.2) is 8.60 Å². The van der Waals surface area contributed by atoms with Crippen LogP contribution in [0.3, 0.4) is 0 Å². The molecule has 6 rings (SSSR count). The molecule has 1 amide bonds. The van der Waals surface area contributed by atoms with Crippen LogP contribution in [0.4, 0.5) is 10.1 Å². The predicted molar refractivity (Wildman–Crippen MR) is 142 cm³/mol. The van der Waals surface area contributed by atoms with Gasteiger partial charge in [-0.1, -0.05) is 36.4 Å². The summed E-state index contributed by atoms with van der Waals surface area (Å²) >= 11 is 0. The van der Waals surface area contributed by atoms with Crippen molar-refractivity contribution in [3.05, 3.63) is 83.9 Å². The number of furan rings is 1. The number of halogens is 1. The summed E-state index contributed by atoms with van der Waals surface area (Å²) in [5.74, 6) is -0.578. The van der Waals surface area contributed by atoms with E-state index < -0.39 is 22.7 Å². The standard InChI is InChI=1S/C29H27FN2O5S/c30-23-15-20(32-13-6-14-32)16-26-22(23)17-27(37-26)29(33)31-38(34)28-24(35-18-19-7-2-1-3-8-19)11-5-12-25(28)36-21-9-4-10-21/h1-3,5,7-8,11-12,15-17,21H,4,6,9-10,13-14,18H2,(H,31,33). The normalized spacial score (nSPS) is 16.0. The third kappa shape index (κ3) is 4.98. The molecule has 0 spiro atoms. The average Bonchev–Trinajstić information content (AvgIpc) is 3.30. The van der Waals surface area contributed by atoms with Gasteiger partial charge in [-0.2, -0.15) is 0 Å². The predicted octanol–water partition coefficient (Wildman–Crippen LogP) is 5.74. The van der Waals surface area contributed by atoms with E-state index in [1.165, 1.54) is 12.1 Å². The zero-order chi connectivity index (χ0) is 26.1. The fraction of sp³-hybridized carbons (Fsp3) is 0.276. The summed E-state index contributed by atoms with van der Waals surface area (Å²) in [4.78, 5) is 15.4. The number of hydrogen-bond donors (Lipinski definition) is 1. The highest BCUT2D eigenvalue weighted by atomic mass is 32.2. The van der Waals surface area contributed by atoms with Crippen molar-refractivity contribution in [3.63, 3.8) is 0 Å². The van der Waals surface area contributed by atoms with E-state index in [0.717, 1.165) is 44.3 Å². The molecular formula is C29H27FN2O5S. The molecule has 1 unspecified atom stereocenters. The largest absolute Gasteiger partial charge is 0.489 e. The molecule has 196 valence electrons. The SMILES string of the molecule is O=C(NS(=O)c1c(OCc2ccccc2)cccc1OC1CCC1)c1cc2c(F)cc(N3CCC3)cc2o1. The van der Waals surface area contributed by atoms with Gasteiger partial charge in [0.05, 0.1) is 11.5 Å². The van der Waals surface area contributed by atoms with Crippen LogP contribution in [0.25, 0.3) is 11.0 Å². The molecule has 38 heavy (non-hydrogen) atoms. The first-order chi connectivity index (χ1) is 18.5. The van der Waals surface area contributed by atoms with Gasteiger partial charge in [0.1, 0.15) is 34.4 Å². The minimum absolute atomic E-state index is 0.0322. The van der Waals surface area contributed by atoms with Gasteiger partial charge in [0.25, 0.3) is 5.91 Å². The van der Waals surface area contributed by atoms with Crippen molar-refractivity contribution >= 4 is 33.5 Å². The molecule has 1 atom stereocenters. The first kappa shape index (κ1) is 24.5. The van der Waals surface area contributed by atoms with Gasteiger partial charge in [0.15, 0.2) is 16.7 Å². The third-order valence-electron chi connectivity index (χ3n) is 6.91. The van der Waals surface area contributed by atoms with Crippen molar-refractivity contribution < 1.29 is 27.3 Å². The molecule has 1 N–H and O–H groups in total. The van der Waals surface area contributed by atoms with E-state index in [2.05, 4.69) is 4.72 Å². The Morgan fingerprint density at radius 1 is 1.03 bits per heavy atom. The molecule has 2 aliphatic rings. The minimum Gasteiger partial charge on any atom is -0.489 e. The highest BCUT2D eigenvalue weighted by Crippen LogP contribution is 2.36. The van der Waals surface area contributed by atoms with Crippen LogP contribution < -0.4 is 19.1 Å². The summed E-state index contributed by atoms with van der Waals surface area (Å²) in [6.45, 7) is 1.97. The lowest BCUT2D eigenvalue weighted by Crippen LogP contribution is -2.36. The number of hydrogen-bond acceptors (Lipinski definition) is 6. The molecule has 4 aromatic rings. The minimum atomic E-state index is -2.03. The fourth-order valence-corrected chi connectivity index (χ4v) is 5.40. The second-order valence-corrected chi connectivity index (χ2v) is 10.7. The number of anilines is 1. The summed E-state index contributed by atoms with van der Waals surface area (Å²) in [6.07, 6.45) is 3.99. The van der Waals surface area contributed by atoms with Crippen LogP contribution in [0.15, 0.2) is 76.0 Å². The Hall–Kier alpha value is -3.85. The van der Waals surface area contributed by atoms with Crippen molar-refractivity contribution in [2.24, 2.45) is 0 Å². The summed E-state index contributed by atoms with van der Waals surface area (Å²) in [7, 11) is -2.03. The number of rotatable bonds is 9. The van der Waals surface area contributed by atoms with Crippen LogP contribution in [0.2, 0.25) is 0 Å². The smallest absolute Gasteiger partial charge is 0.298 e. The van der Waals surface area contributed by atoms with Crippen LogP contribution in [0, 0.1) is 5.82 Å². The van der Waals surface area contributed by atoms with Crippen LogP contribution in [-0.4, -0.2) is 29.3 Å². The van der Waals surface area contributed by atoms with Crippen LogP contribution >= 0.6 is 0 Å². The molecule has 2 fully saturated rings. The summed E-state index contributed by atoms with van der Waals surface area (Å²) in [5.41, 5.74) is 1.93. The van der Waals surface area contributed by atoms with Crippen LogP contribution in [0.1, 0.15) is 41.8 Å². The number of amides is 1. The van der Waals surface area contributed by atoms with E-state index in [0.29, 0.717) is 17.2 Å². The Morgan fingerprint density at radius 2 is 1.82 bits per heavy atom. The van der Waals surface area contributed by atoms with Crippen molar-refractivity contribution in [1.82, 2.24) is 4.72 Å². The molecule has 1 saturated carbocycles. The summed E-state index contributed by atoms with van der Waals surface area (Å²) < 4.78 is 48.6. The maximum atomic E-state index is 14.8. The number of nitrogens with zero attached hydrogens (tertiary/aromatic N) is 1. The molecular weight excluding hydrogens is 507 g/mol. The van der Waals surface area contributed by atoms with Gasteiger partial charge < -0.3 is 18.8 Å². The Morgan fingerprint density at radius 3 is 2.53 bits per heavy atom. The molecule has 7 nitrogen and oxygen atoms in total. The Balaban J connectivity index is 1.25. The summed E-state index contributed by atoms with van der Waals surface area (Å²) in [6, 6.07) is 19.3. The van der Waals surface area contributed by atoms with Gasteiger partial charge in [0.2, 0.25) is 0 Å². The van der Waals surface area contributed by atoms with E-state index in [9.17, 15) is 13.4 Å². The third-order valence-corrected chi connectivity index (χ3v) is 8.06. The van der Waals surface area contributed by atoms with E-state index in [1.807, 2.05) is 35.2 Å². The van der Waals surface area contributed by atoms with E-state index in [1.54, 1.807) is 24.3 Å². The number of carbonyl (C=O) groups excluding carboxylic acids is 1. The maximum Gasteiger partial charge on any atom is 0.298 e. The second kappa shape index (κ2) is 10.5. The Kier molecular flexibility index (Phi) is 6.76. The van der Waals surface area contributed by atoms with Crippen LogP contribution in [0.5, 0.6) is 11.5 Å². The van der Waals surface area contributed by atoms with Gasteiger partial charge in [0, 0.05) is 30.9 Å². The van der Waals surface area contributed by atoms with Crippen molar-refractivity contribution in [2.45, 2.75) is 43.3 Å². The average molecular weight is 535 g/mol. The van der Waals surface area contributed by atoms with Gasteiger partial charge in [-0.05, 0) is 49.4 Å². The quantitative estimate of drug-likeness (QED) is 0.295. The van der Waals surface area contributed by atoms with Crippen molar-refractivity contribution in [2.75, 3.05) is 18.0 Å². The number of fused-ring (bicyclic) bond motifs is 1. The van der Waals surface area contributed by atoms with Gasteiger partial charge in [-0.15, -0.1) is 0 Å². The molecule has 0 radical (unpaired) electrons. The summed E-state index contributed by atoms with van der Waals surface area (Å²) in [5, 5.41) is 0.200. The van der Waals surface area contributed by atoms with Crippen molar-refractivity contribution in [1.29, 1.82) is 0 Å². The number of nitrogens with one attached hydrogen (secondary N) is 1. The fourth-order valence-electron chi connectivity index (χ4n) is 4.43. The van der Waals surface area contributed by atoms with Gasteiger partial charge >= 0.3 is 0 Å². The number of benzene rings is 3. The van der Waals surface area contributed by atoms with Crippen molar-refractivity contribution in [3.8, 4) is 11.5 Å². The van der Waals surface area contributed by atoms with Gasteiger partial charge in [-0.3, -0.25) is 9.52 Å². The molecule has 0 bridgehead atoms. The van der Waals surface area contributed by atoms with E-state index in [-0.39, 0.29) is 34.3 Å². The number of ether oxygens (including phenoxy) is 2. The lowest BCUT2D eigenvalue weighted by atomic mass is 9.96. The monoisotopic (exact) mass is 534 g/mol. The lowest BCUT2D eigenvalue weighted by molar-refractivity contribution is 0.0958. The van der Waals surface area contributed by atoms with E-state index in [4.69, 9.17) is 13.9 Å². The molecule has 2 heterocycles. The van der Waals surface area contributed by atoms with Crippen LogP contribution in [-0.2, 0) is 17.6 Å². The first-order valence-electron chi connectivity index (χ1n) is 12.7. The Bertz CT molecular complexity index is 1500. The number of carbonyl (C=O) groups is 1. The second-order valence-electron chi connectivity index (χ2n) is 9.52. The first-order valence-corrected chi connectivity index (χ1v) is 13.9. The Labute approximate surface area is 222 Å². The maximum absolute atomic E-state index is 14.8. The zero-order valence-electron chi connectivity index (χ0n) is 20.7. The highest BCUT2D eigenvalue weighted by molar-refractivity contribution is 7.84. The van der Waals surface area contributed by atoms with E-state index >= 15 is 0 Å². The zero-order valence-corrected chi connectivity index (χ0v) is 21.5.